The van der Waals surface area contributed by atoms with Crippen LogP contribution < -0.4 is 5.59 Å². The van der Waals surface area contributed by atoms with Crippen molar-refractivity contribution in [2.75, 3.05) is 14.1 Å². The zero-order chi connectivity index (χ0) is 7.40. The number of hydrogen-bond acceptors (Lipinski definition) is 3. The molecule has 0 saturated heterocycles. The molecular weight excluding hydrogens is 128 g/mol. The Morgan fingerprint density at radius 3 is 2.40 bits per heavy atom. The highest BCUT2D eigenvalue weighted by Crippen LogP contribution is 2.19. The van der Waals surface area contributed by atoms with E-state index in [1.165, 1.54) is 25.7 Å². The van der Waals surface area contributed by atoms with Gasteiger partial charge in [0.15, 0.2) is 0 Å². The molecular formula is C7H16N2O. The molecule has 1 N–H and O–H groups in total. The van der Waals surface area contributed by atoms with Gasteiger partial charge in [-0.15, -0.1) is 5.59 Å². The van der Waals surface area contributed by atoms with E-state index in [0.717, 1.165) is 0 Å². The summed E-state index contributed by atoms with van der Waals surface area (Å²) in [6.07, 6.45) is 5.50. The van der Waals surface area contributed by atoms with Gasteiger partial charge < -0.3 is 0 Å². The van der Waals surface area contributed by atoms with Crippen molar-refractivity contribution in [3.63, 3.8) is 0 Å². The van der Waals surface area contributed by atoms with Gasteiger partial charge in [0, 0.05) is 14.1 Å². The van der Waals surface area contributed by atoms with Crippen LogP contribution in [0.25, 0.3) is 0 Å². The maximum absolute atomic E-state index is 5.34. The summed E-state index contributed by atoms with van der Waals surface area (Å²) in [5.74, 6) is 0. The molecule has 60 valence electrons. The number of nitrogens with one attached hydrogen (secondary N) is 1. The third-order valence-corrected chi connectivity index (χ3v) is 1.70. The molecule has 0 aromatic rings. The zero-order valence-corrected chi connectivity index (χ0v) is 6.76. The van der Waals surface area contributed by atoms with Crippen LogP contribution in [0.3, 0.4) is 0 Å². The maximum atomic E-state index is 5.34. The fraction of sp³-hybridized carbons (Fsp3) is 1.00. The van der Waals surface area contributed by atoms with Gasteiger partial charge in [-0.3, -0.25) is 4.84 Å². The summed E-state index contributed by atoms with van der Waals surface area (Å²) < 4.78 is 0. The minimum absolute atomic E-state index is 0.447. The van der Waals surface area contributed by atoms with Crippen LogP contribution in [0.2, 0.25) is 0 Å². The number of rotatable bonds is 3. The van der Waals surface area contributed by atoms with Crippen molar-refractivity contribution in [1.29, 1.82) is 0 Å². The summed E-state index contributed by atoms with van der Waals surface area (Å²) in [6, 6.07) is 0. The molecule has 0 atom stereocenters. The molecule has 0 heterocycles. The highest BCUT2D eigenvalue weighted by Gasteiger charge is 2.15. The smallest absolute Gasteiger partial charge is 0.0806 e. The summed E-state index contributed by atoms with van der Waals surface area (Å²) in [5.41, 5.74) is 2.82. The minimum atomic E-state index is 0.447. The van der Waals surface area contributed by atoms with Gasteiger partial charge in [0.05, 0.1) is 6.10 Å². The molecule has 0 unspecified atom stereocenters. The Bertz CT molecular complexity index is 89.6. The second-order valence-corrected chi connectivity index (χ2v) is 3.01. The van der Waals surface area contributed by atoms with Crippen LogP contribution in [-0.2, 0) is 4.84 Å². The molecule has 3 heteroatoms. The van der Waals surface area contributed by atoms with Crippen LogP contribution >= 0.6 is 0 Å². The molecule has 0 bridgehead atoms. The summed E-state index contributed by atoms with van der Waals surface area (Å²) in [6.45, 7) is 0. The molecule has 0 radical (unpaired) electrons. The standard InChI is InChI=1S/C7H16N2O/c1-9(2)8-10-7-5-3-4-6-7/h7-8H,3-6H2,1-2H3. The van der Waals surface area contributed by atoms with Gasteiger partial charge in [-0.05, 0) is 12.8 Å². The molecule has 1 aliphatic rings. The van der Waals surface area contributed by atoms with Crippen molar-refractivity contribution in [2.45, 2.75) is 31.8 Å². The lowest BCUT2D eigenvalue weighted by atomic mass is 10.3. The lowest BCUT2D eigenvalue weighted by Gasteiger charge is -2.15. The molecule has 1 saturated carbocycles. The molecule has 1 fully saturated rings. The molecule has 0 spiro atoms. The monoisotopic (exact) mass is 144 g/mol. The van der Waals surface area contributed by atoms with Crippen LogP contribution in [0.5, 0.6) is 0 Å². The average molecular weight is 144 g/mol. The first-order chi connectivity index (χ1) is 4.79. The van der Waals surface area contributed by atoms with Gasteiger partial charge >= 0.3 is 0 Å². The van der Waals surface area contributed by atoms with E-state index in [1.807, 2.05) is 19.1 Å². The zero-order valence-electron chi connectivity index (χ0n) is 6.76. The summed E-state index contributed by atoms with van der Waals surface area (Å²) >= 11 is 0. The fourth-order valence-corrected chi connectivity index (χ4v) is 1.19. The number of nitrogens with zero attached hydrogens (tertiary/aromatic N) is 1. The van der Waals surface area contributed by atoms with Gasteiger partial charge in [-0.2, -0.15) is 0 Å². The molecule has 0 aromatic carbocycles. The predicted octanol–water partition coefficient (Wildman–Crippen LogP) is 0.927. The normalized spacial score (nSPS) is 20.7. The second-order valence-electron chi connectivity index (χ2n) is 3.01. The van der Waals surface area contributed by atoms with E-state index in [2.05, 4.69) is 5.59 Å². The second kappa shape index (κ2) is 3.91. The highest BCUT2D eigenvalue weighted by molar-refractivity contribution is 4.65. The topological polar surface area (TPSA) is 24.5 Å². The van der Waals surface area contributed by atoms with E-state index in [1.54, 1.807) is 0 Å². The van der Waals surface area contributed by atoms with E-state index >= 15 is 0 Å². The van der Waals surface area contributed by atoms with Crippen molar-refractivity contribution in [3.05, 3.63) is 0 Å². The Kier molecular flexibility index (Phi) is 3.12. The third kappa shape index (κ3) is 2.64. The summed E-state index contributed by atoms with van der Waals surface area (Å²) in [4.78, 5) is 5.34. The SMILES string of the molecule is CN(C)NOC1CCCC1. The van der Waals surface area contributed by atoms with Crippen LogP contribution in [-0.4, -0.2) is 25.2 Å². The van der Waals surface area contributed by atoms with Crippen LogP contribution in [0.4, 0.5) is 0 Å². The third-order valence-electron chi connectivity index (χ3n) is 1.70. The quantitative estimate of drug-likeness (QED) is 0.596. The van der Waals surface area contributed by atoms with E-state index in [-0.39, 0.29) is 0 Å². The lowest BCUT2D eigenvalue weighted by Crippen LogP contribution is -2.33. The van der Waals surface area contributed by atoms with Crippen LogP contribution in [0.1, 0.15) is 25.7 Å². The summed E-state index contributed by atoms with van der Waals surface area (Å²) in [7, 11) is 3.85. The Hall–Kier alpha value is -0.120. The van der Waals surface area contributed by atoms with E-state index in [9.17, 15) is 0 Å². The lowest BCUT2D eigenvalue weighted by molar-refractivity contribution is -0.101. The summed E-state index contributed by atoms with van der Waals surface area (Å²) in [5, 5.41) is 1.82. The number of hydrazine groups is 1. The van der Waals surface area contributed by atoms with Gasteiger partial charge in [0.2, 0.25) is 0 Å². The molecule has 0 aliphatic heterocycles. The molecule has 10 heavy (non-hydrogen) atoms. The van der Waals surface area contributed by atoms with Crippen molar-refractivity contribution in [3.8, 4) is 0 Å². The van der Waals surface area contributed by atoms with Gasteiger partial charge in [0.1, 0.15) is 0 Å². The first-order valence-electron chi connectivity index (χ1n) is 3.87. The first kappa shape index (κ1) is 7.98. The predicted molar refractivity (Wildman–Crippen MR) is 40.2 cm³/mol. The Morgan fingerprint density at radius 1 is 1.30 bits per heavy atom. The van der Waals surface area contributed by atoms with Gasteiger partial charge in [-0.1, -0.05) is 12.8 Å². The van der Waals surface area contributed by atoms with Crippen LogP contribution in [0.15, 0.2) is 0 Å². The van der Waals surface area contributed by atoms with E-state index in [0.29, 0.717) is 6.10 Å². The van der Waals surface area contributed by atoms with E-state index in [4.69, 9.17) is 4.84 Å². The average Bonchev–Trinajstić information content (AvgIpc) is 2.34. The van der Waals surface area contributed by atoms with Gasteiger partial charge in [-0.25, -0.2) is 5.01 Å². The fourth-order valence-electron chi connectivity index (χ4n) is 1.19. The van der Waals surface area contributed by atoms with Crippen molar-refractivity contribution in [2.24, 2.45) is 0 Å². The first-order valence-corrected chi connectivity index (χ1v) is 3.87. The highest BCUT2D eigenvalue weighted by atomic mass is 16.7. The molecule has 3 nitrogen and oxygen atoms in total. The molecule has 0 aromatic heterocycles. The largest absolute Gasteiger partial charge is 0.284 e. The molecule has 0 amide bonds. The Morgan fingerprint density at radius 2 is 1.90 bits per heavy atom. The molecule has 1 aliphatic carbocycles. The Balaban J connectivity index is 2.01. The van der Waals surface area contributed by atoms with Crippen molar-refractivity contribution in [1.82, 2.24) is 10.6 Å². The van der Waals surface area contributed by atoms with Crippen LogP contribution in [0, 0.1) is 0 Å². The number of hydrogen-bond donors (Lipinski definition) is 1. The van der Waals surface area contributed by atoms with E-state index < -0.39 is 0 Å². The minimum Gasteiger partial charge on any atom is -0.284 e. The Labute approximate surface area is 62.3 Å². The van der Waals surface area contributed by atoms with Crippen molar-refractivity contribution < 1.29 is 4.84 Å². The van der Waals surface area contributed by atoms with Crippen molar-refractivity contribution >= 4 is 0 Å². The van der Waals surface area contributed by atoms with Gasteiger partial charge in [0.25, 0.3) is 0 Å². The molecule has 1 rings (SSSR count). The maximum Gasteiger partial charge on any atom is 0.0806 e.